The first-order chi connectivity index (χ1) is 11.8. The zero-order valence-corrected chi connectivity index (χ0v) is 15.4. The summed E-state index contributed by atoms with van der Waals surface area (Å²) in [5, 5.41) is 2.73. The number of nitrogens with one attached hydrogen (secondary N) is 1. The van der Waals surface area contributed by atoms with Crippen molar-refractivity contribution in [1.82, 2.24) is 4.31 Å². The zero-order valence-electron chi connectivity index (χ0n) is 14.6. The topological polar surface area (TPSA) is 66.5 Å². The highest BCUT2D eigenvalue weighted by Gasteiger charge is 2.19. The summed E-state index contributed by atoms with van der Waals surface area (Å²) in [5.74, 6) is -0.339. The molecule has 25 heavy (non-hydrogen) atoms. The molecule has 0 unspecified atom stereocenters. The molecule has 0 saturated carbocycles. The van der Waals surface area contributed by atoms with Crippen molar-refractivity contribution in [3.8, 4) is 0 Å². The summed E-state index contributed by atoms with van der Waals surface area (Å²) in [4.78, 5) is 12.2. The van der Waals surface area contributed by atoms with Crippen LogP contribution in [-0.4, -0.2) is 38.0 Å². The summed E-state index contributed by atoms with van der Waals surface area (Å²) < 4.78 is 25.1. The lowest BCUT2D eigenvalue weighted by Gasteiger charge is -2.19. The van der Waals surface area contributed by atoms with Crippen LogP contribution in [0.15, 0.2) is 54.6 Å². The third-order valence-electron chi connectivity index (χ3n) is 3.84. The molecule has 0 bridgehead atoms. The van der Waals surface area contributed by atoms with Crippen molar-refractivity contribution in [2.75, 3.05) is 24.7 Å². The van der Waals surface area contributed by atoms with Gasteiger partial charge in [-0.2, -0.15) is 4.31 Å². The van der Waals surface area contributed by atoms with Gasteiger partial charge in [-0.1, -0.05) is 48.0 Å². The first kappa shape index (κ1) is 19.1. The third-order valence-corrected chi connectivity index (χ3v) is 5.09. The highest BCUT2D eigenvalue weighted by Crippen LogP contribution is 2.10. The van der Waals surface area contributed by atoms with Crippen LogP contribution < -0.4 is 5.32 Å². The second kappa shape index (κ2) is 8.78. The van der Waals surface area contributed by atoms with E-state index in [1.54, 1.807) is 12.1 Å². The van der Waals surface area contributed by atoms with E-state index >= 15 is 0 Å². The number of hydrogen-bond acceptors (Lipinski definition) is 3. The van der Waals surface area contributed by atoms with Gasteiger partial charge in [-0.25, -0.2) is 8.42 Å². The number of sulfonamides is 1. The summed E-state index contributed by atoms with van der Waals surface area (Å²) in [7, 11) is -3.44. The summed E-state index contributed by atoms with van der Waals surface area (Å²) in [6, 6.07) is 17.3. The Kier molecular flexibility index (Phi) is 6.73. The van der Waals surface area contributed by atoms with Gasteiger partial charge in [0.1, 0.15) is 0 Å². The molecule has 2 rings (SSSR count). The third kappa shape index (κ3) is 6.68. The summed E-state index contributed by atoms with van der Waals surface area (Å²) in [5.41, 5.74) is 2.91. The lowest BCUT2D eigenvalue weighted by molar-refractivity contribution is -0.116. The molecule has 0 fully saturated rings. The van der Waals surface area contributed by atoms with Gasteiger partial charge in [0.2, 0.25) is 15.9 Å². The number of hydrogen-bond donors (Lipinski definition) is 1. The Labute approximate surface area is 149 Å². The van der Waals surface area contributed by atoms with Gasteiger partial charge in [-0.15, -0.1) is 0 Å². The van der Waals surface area contributed by atoms with Gasteiger partial charge in [0.05, 0.1) is 12.8 Å². The van der Waals surface area contributed by atoms with E-state index in [4.69, 9.17) is 0 Å². The Morgan fingerprint density at radius 2 is 1.68 bits per heavy atom. The molecule has 0 aromatic heterocycles. The molecular formula is C19H24N2O3S. The van der Waals surface area contributed by atoms with Crippen LogP contribution in [0.4, 0.5) is 5.69 Å². The second-order valence-electron chi connectivity index (χ2n) is 6.10. The van der Waals surface area contributed by atoms with Crippen LogP contribution in [-0.2, 0) is 21.2 Å². The quantitative estimate of drug-likeness (QED) is 0.787. The number of benzene rings is 2. The largest absolute Gasteiger partial charge is 0.325 e. The Bertz CT molecular complexity index is 787. The molecule has 0 spiro atoms. The molecule has 1 amide bonds. The summed E-state index contributed by atoms with van der Waals surface area (Å²) in [6.07, 6.45) is 2.57. The van der Waals surface area contributed by atoms with Crippen LogP contribution in [0.2, 0.25) is 0 Å². The van der Waals surface area contributed by atoms with Gasteiger partial charge < -0.3 is 5.32 Å². The van der Waals surface area contributed by atoms with E-state index in [0.717, 1.165) is 23.8 Å². The van der Waals surface area contributed by atoms with E-state index in [9.17, 15) is 13.2 Å². The number of amides is 1. The zero-order chi connectivity index (χ0) is 18.3. The molecule has 2 aromatic carbocycles. The molecule has 0 aliphatic heterocycles. The monoisotopic (exact) mass is 360 g/mol. The van der Waals surface area contributed by atoms with Crippen LogP contribution >= 0.6 is 0 Å². The molecule has 1 N–H and O–H groups in total. The molecule has 0 atom stereocenters. The van der Waals surface area contributed by atoms with Gasteiger partial charge in [-0.05, 0) is 37.5 Å². The standard InChI is InChI=1S/C19H24N2O3S/c1-16-10-12-18(13-11-16)20-19(22)15-21(25(2,23)24)14-6-9-17-7-4-3-5-8-17/h3-5,7-8,10-13H,6,9,14-15H2,1-2H3,(H,20,22). The van der Waals surface area contributed by atoms with Crippen LogP contribution in [0.1, 0.15) is 17.5 Å². The number of carbonyl (C=O) groups is 1. The van der Waals surface area contributed by atoms with Crippen LogP contribution in [0.5, 0.6) is 0 Å². The highest BCUT2D eigenvalue weighted by molar-refractivity contribution is 7.88. The van der Waals surface area contributed by atoms with Gasteiger partial charge >= 0.3 is 0 Å². The lowest BCUT2D eigenvalue weighted by Crippen LogP contribution is -2.38. The number of rotatable bonds is 8. The smallest absolute Gasteiger partial charge is 0.239 e. The van der Waals surface area contributed by atoms with Crippen molar-refractivity contribution in [2.45, 2.75) is 19.8 Å². The molecule has 0 saturated heterocycles. The van der Waals surface area contributed by atoms with E-state index in [-0.39, 0.29) is 12.5 Å². The predicted octanol–water partition coefficient (Wildman–Crippen LogP) is 2.83. The van der Waals surface area contributed by atoms with Crippen molar-refractivity contribution >= 4 is 21.6 Å². The first-order valence-electron chi connectivity index (χ1n) is 8.20. The van der Waals surface area contributed by atoms with Gasteiger partial charge in [0, 0.05) is 12.2 Å². The molecule has 0 heterocycles. The summed E-state index contributed by atoms with van der Waals surface area (Å²) >= 11 is 0. The average Bonchev–Trinajstić information content (AvgIpc) is 2.56. The molecule has 2 aromatic rings. The van der Waals surface area contributed by atoms with Gasteiger partial charge in [-0.3, -0.25) is 4.79 Å². The van der Waals surface area contributed by atoms with Crippen molar-refractivity contribution in [2.24, 2.45) is 0 Å². The van der Waals surface area contributed by atoms with E-state index in [2.05, 4.69) is 5.32 Å². The lowest BCUT2D eigenvalue weighted by atomic mass is 10.1. The Hall–Kier alpha value is -2.18. The molecule has 0 aliphatic rings. The van der Waals surface area contributed by atoms with Crippen molar-refractivity contribution in [3.05, 3.63) is 65.7 Å². The Morgan fingerprint density at radius 3 is 2.28 bits per heavy atom. The van der Waals surface area contributed by atoms with Crippen LogP contribution in [0.25, 0.3) is 0 Å². The second-order valence-corrected chi connectivity index (χ2v) is 8.08. The fourth-order valence-corrected chi connectivity index (χ4v) is 3.28. The normalized spacial score (nSPS) is 11.5. The highest BCUT2D eigenvalue weighted by atomic mass is 32.2. The van der Waals surface area contributed by atoms with E-state index in [1.807, 2.05) is 49.4 Å². The fourth-order valence-electron chi connectivity index (χ4n) is 2.46. The average molecular weight is 360 g/mol. The Morgan fingerprint density at radius 1 is 1.04 bits per heavy atom. The van der Waals surface area contributed by atoms with Gasteiger partial charge in [0.15, 0.2) is 0 Å². The minimum absolute atomic E-state index is 0.179. The number of carbonyl (C=O) groups excluding carboxylic acids is 1. The molecule has 0 aliphatic carbocycles. The molecule has 6 heteroatoms. The van der Waals surface area contributed by atoms with Crippen LogP contribution in [0.3, 0.4) is 0 Å². The van der Waals surface area contributed by atoms with Crippen LogP contribution in [0, 0.1) is 6.92 Å². The van der Waals surface area contributed by atoms with E-state index in [0.29, 0.717) is 18.7 Å². The number of anilines is 1. The SMILES string of the molecule is Cc1ccc(NC(=O)CN(CCCc2ccccc2)S(C)(=O)=O)cc1. The maximum absolute atomic E-state index is 12.2. The molecule has 134 valence electrons. The first-order valence-corrected chi connectivity index (χ1v) is 10.0. The summed E-state index contributed by atoms with van der Waals surface area (Å²) in [6.45, 7) is 2.10. The van der Waals surface area contributed by atoms with Crippen molar-refractivity contribution in [1.29, 1.82) is 0 Å². The molecular weight excluding hydrogens is 336 g/mol. The molecule has 5 nitrogen and oxygen atoms in total. The fraction of sp³-hybridized carbons (Fsp3) is 0.316. The van der Waals surface area contributed by atoms with Crippen molar-refractivity contribution in [3.63, 3.8) is 0 Å². The van der Waals surface area contributed by atoms with E-state index in [1.165, 1.54) is 4.31 Å². The maximum Gasteiger partial charge on any atom is 0.239 e. The Balaban J connectivity index is 1.91. The van der Waals surface area contributed by atoms with Gasteiger partial charge in [0.25, 0.3) is 0 Å². The van der Waals surface area contributed by atoms with Crippen molar-refractivity contribution < 1.29 is 13.2 Å². The number of aryl methyl sites for hydroxylation is 2. The van der Waals surface area contributed by atoms with E-state index < -0.39 is 10.0 Å². The predicted molar refractivity (Wildman–Crippen MR) is 101 cm³/mol. The molecule has 0 radical (unpaired) electrons. The number of nitrogens with zero attached hydrogens (tertiary/aromatic N) is 1. The maximum atomic E-state index is 12.2. The minimum Gasteiger partial charge on any atom is -0.325 e. The minimum atomic E-state index is -3.44.